The van der Waals surface area contributed by atoms with E-state index in [1.54, 1.807) is 6.07 Å². The number of carbonyl (C=O) groups excluding carboxylic acids is 1. The summed E-state index contributed by atoms with van der Waals surface area (Å²) in [6.07, 6.45) is 3.32. The summed E-state index contributed by atoms with van der Waals surface area (Å²) in [5, 5.41) is 8.81. The first kappa shape index (κ1) is 16.5. The van der Waals surface area contributed by atoms with E-state index in [9.17, 15) is 14.0 Å². The van der Waals surface area contributed by atoms with Crippen LogP contribution in [0.1, 0.15) is 43.2 Å². The third-order valence-electron chi connectivity index (χ3n) is 4.53. The summed E-state index contributed by atoms with van der Waals surface area (Å²) in [5.74, 6) is -1.33. The molecule has 0 radical (unpaired) electrons. The van der Waals surface area contributed by atoms with Crippen molar-refractivity contribution >= 4 is 11.9 Å². The van der Waals surface area contributed by atoms with Gasteiger partial charge in [0.1, 0.15) is 5.82 Å². The molecule has 1 unspecified atom stereocenters. The average molecular weight is 308 g/mol. The first-order valence-electron chi connectivity index (χ1n) is 7.51. The molecular formula is C17H21FO4. The van der Waals surface area contributed by atoms with Crippen molar-refractivity contribution in [3.8, 4) is 0 Å². The Labute approximate surface area is 129 Å². The van der Waals surface area contributed by atoms with Gasteiger partial charge in [0, 0.05) is 6.42 Å². The fourth-order valence-electron chi connectivity index (χ4n) is 3.38. The van der Waals surface area contributed by atoms with E-state index >= 15 is 0 Å². The number of hydrogen-bond acceptors (Lipinski definition) is 3. The Balaban J connectivity index is 2.19. The Morgan fingerprint density at radius 2 is 2.18 bits per heavy atom. The van der Waals surface area contributed by atoms with Crippen LogP contribution in [0, 0.1) is 11.2 Å². The van der Waals surface area contributed by atoms with E-state index in [-0.39, 0.29) is 30.0 Å². The van der Waals surface area contributed by atoms with Crippen molar-refractivity contribution in [2.45, 2.75) is 44.9 Å². The average Bonchev–Trinajstić information content (AvgIpc) is 2.46. The number of carboxylic acid groups (broad SMARTS) is 1. The van der Waals surface area contributed by atoms with Gasteiger partial charge in [-0.25, -0.2) is 4.39 Å². The molecule has 0 saturated heterocycles. The Bertz CT molecular complexity index is 570. The van der Waals surface area contributed by atoms with Crippen LogP contribution in [-0.2, 0) is 27.2 Å². The molecule has 0 spiro atoms. The molecule has 1 N–H and O–H groups in total. The van der Waals surface area contributed by atoms with Crippen LogP contribution < -0.4 is 0 Å². The molecule has 5 heteroatoms. The predicted octanol–water partition coefficient (Wildman–Crippen LogP) is 3.12. The van der Waals surface area contributed by atoms with Gasteiger partial charge in [0.05, 0.1) is 13.5 Å². The summed E-state index contributed by atoms with van der Waals surface area (Å²) in [7, 11) is 1.35. The number of methoxy groups -OCH3 is 1. The van der Waals surface area contributed by atoms with Crippen molar-refractivity contribution in [1.29, 1.82) is 0 Å². The van der Waals surface area contributed by atoms with Gasteiger partial charge in [0.15, 0.2) is 0 Å². The normalized spacial score (nSPS) is 20.3. The summed E-state index contributed by atoms with van der Waals surface area (Å²) in [6, 6.07) is 5.02. The van der Waals surface area contributed by atoms with Crippen LogP contribution in [-0.4, -0.2) is 24.2 Å². The van der Waals surface area contributed by atoms with Crippen molar-refractivity contribution in [2.75, 3.05) is 7.11 Å². The fraction of sp³-hybridized carbons (Fsp3) is 0.529. The number of carboxylic acids is 1. The summed E-state index contributed by atoms with van der Waals surface area (Å²) < 4.78 is 18.6. The van der Waals surface area contributed by atoms with Crippen molar-refractivity contribution in [2.24, 2.45) is 5.41 Å². The monoisotopic (exact) mass is 308 g/mol. The second kappa shape index (κ2) is 6.90. The van der Waals surface area contributed by atoms with Gasteiger partial charge >= 0.3 is 11.9 Å². The summed E-state index contributed by atoms with van der Waals surface area (Å²) in [5.41, 5.74) is 1.32. The van der Waals surface area contributed by atoms with E-state index in [0.29, 0.717) is 32.1 Å². The number of carbonyl (C=O) groups is 2. The third-order valence-corrected chi connectivity index (χ3v) is 4.53. The standard InChI is InChI=1S/C17H21FO4/c1-22-16(21)11-17(8-3-6-15(19)20)9-7-13-12(10-17)4-2-5-14(13)18/h2,4-5H,3,6-11H2,1H3,(H,19,20). The first-order chi connectivity index (χ1) is 10.5. The van der Waals surface area contributed by atoms with Crippen LogP contribution >= 0.6 is 0 Å². The minimum absolute atomic E-state index is 0.0823. The van der Waals surface area contributed by atoms with E-state index in [1.807, 2.05) is 6.07 Å². The van der Waals surface area contributed by atoms with E-state index in [2.05, 4.69) is 0 Å². The van der Waals surface area contributed by atoms with Gasteiger partial charge in [-0.3, -0.25) is 9.59 Å². The van der Waals surface area contributed by atoms with Crippen molar-refractivity contribution < 1.29 is 23.8 Å². The highest BCUT2D eigenvalue weighted by Crippen LogP contribution is 2.43. The molecule has 22 heavy (non-hydrogen) atoms. The maximum Gasteiger partial charge on any atom is 0.306 e. The first-order valence-corrected chi connectivity index (χ1v) is 7.51. The number of halogens is 1. The van der Waals surface area contributed by atoms with Gasteiger partial charge in [0.25, 0.3) is 0 Å². The van der Waals surface area contributed by atoms with Crippen LogP contribution in [0.25, 0.3) is 0 Å². The van der Waals surface area contributed by atoms with Crippen LogP contribution in [0.3, 0.4) is 0 Å². The summed E-state index contributed by atoms with van der Waals surface area (Å²) in [4.78, 5) is 22.5. The molecule has 0 amide bonds. The SMILES string of the molecule is COC(=O)CC1(CCCC(=O)O)CCc2c(F)cccc2C1. The molecule has 0 saturated carbocycles. The molecule has 0 bridgehead atoms. The van der Waals surface area contributed by atoms with E-state index in [1.165, 1.54) is 13.2 Å². The molecule has 1 atom stereocenters. The molecule has 0 aromatic heterocycles. The third kappa shape index (κ3) is 3.84. The zero-order chi connectivity index (χ0) is 16.2. The molecule has 1 aliphatic rings. The molecule has 1 aromatic rings. The van der Waals surface area contributed by atoms with Gasteiger partial charge in [-0.15, -0.1) is 0 Å². The number of esters is 1. The lowest BCUT2D eigenvalue weighted by Crippen LogP contribution is -2.32. The van der Waals surface area contributed by atoms with Crippen LogP contribution in [0.2, 0.25) is 0 Å². The molecular weight excluding hydrogens is 287 g/mol. The number of benzene rings is 1. The molecule has 120 valence electrons. The maximum absolute atomic E-state index is 13.8. The smallest absolute Gasteiger partial charge is 0.306 e. The van der Waals surface area contributed by atoms with Crippen molar-refractivity contribution in [3.05, 3.63) is 35.1 Å². The number of aliphatic carboxylic acids is 1. The number of fused-ring (bicyclic) bond motifs is 1. The van der Waals surface area contributed by atoms with Gasteiger partial charge in [0.2, 0.25) is 0 Å². The lowest BCUT2D eigenvalue weighted by Gasteiger charge is -2.37. The molecule has 1 aromatic carbocycles. The highest BCUT2D eigenvalue weighted by molar-refractivity contribution is 5.70. The zero-order valence-electron chi connectivity index (χ0n) is 12.7. The lowest BCUT2D eigenvalue weighted by molar-refractivity contribution is -0.143. The molecule has 4 nitrogen and oxygen atoms in total. The Hall–Kier alpha value is -1.91. The molecule has 1 aliphatic carbocycles. The highest BCUT2D eigenvalue weighted by atomic mass is 19.1. The number of ether oxygens (including phenoxy) is 1. The maximum atomic E-state index is 13.8. The largest absolute Gasteiger partial charge is 0.481 e. The lowest BCUT2D eigenvalue weighted by atomic mass is 9.67. The number of hydrogen-bond donors (Lipinski definition) is 1. The van der Waals surface area contributed by atoms with Crippen molar-refractivity contribution in [1.82, 2.24) is 0 Å². The molecule has 0 aliphatic heterocycles. The predicted molar refractivity (Wildman–Crippen MR) is 79.0 cm³/mol. The summed E-state index contributed by atoms with van der Waals surface area (Å²) in [6.45, 7) is 0. The van der Waals surface area contributed by atoms with Crippen LogP contribution in [0.15, 0.2) is 18.2 Å². The minimum atomic E-state index is -0.838. The Morgan fingerprint density at radius 3 is 2.86 bits per heavy atom. The van der Waals surface area contributed by atoms with Gasteiger partial charge in [-0.05, 0) is 54.7 Å². The van der Waals surface area contributed by atoms with Crippen molar-refractivity contribution in [3.63, 3.8) is 0 Å². The van der Waals surface area contributed by atoms with E-state index < -0.39 is 5.97 Å². The molecule has 2 rings (SSSR count). The fourth-order valence-corrected chi connectivity index (χ4v) is 3.38. The highest BCUT2D eigenvalue weighted by Gasteiger charge is 2.37. The second-order valence-corrected chi connectivity index (χ2v) is 6.05. The summed E-state index contributed by atoms with van der Waals surface area (Å²) >= 11 is 0. The molecule has 0 fully saturated rings. The van der Waals surface area contributed by atoms with E-state index in [0.717, 1.165) is 11.1 Å². The van der Waals surface area contributed by atoms with Gasteiger partial charge in [-0.1, -0.05) is 12.1 Å². The minimum Gasteiger partial charge on any atom is -0.481 e. The van der Waals surface area contributed by atoms with Gasteiger partial charge in [-0.2, -0.15) is 0 Å². The van der Waals surface area contributed by atoms with Gasteiger partial charge < -0.3 is 9.84 Å². The topological polar surface area (TPSA) is 63.6 Å². The zero-order valence-corrected chi connectivity index (χ0v) is 12.7. The molecule has 0 heterocycles. The Kier molecular flexibility index (Phi) is 5.16. The van der Waals surface area contributed by atoms with E-state index in [4.69, 9.17) is 9.84 Å². The quantitative estimate of drug-likeness (QED) is 0.820. The van der Waals surface area contributed by atoms with Crippen LogP contribution in [0.5, 0.6) is 0 Å². The Morgan fingerprint density at radius 1 is 1.41 bits per heavy atom. The second-order valence-electron chi connectivity index (χ2n) is 6.05. The number of rotatable bonds is 6. The van der Waals surface area contributed by atoms with Crippen LogP contribution in [0.4, 0.5) is 4.39 Å².